The first-order chi connectivity index (χ1) is 13.0. The maximum atomic E-state index is 13.3. The summed E-state index contributed by atoms with van der Waals surface area (Å²) in [6.07, 6.45) is 0. The highest BCUT2D eigenvalue weighted by atomic mass is 19.2. The number of hydrogen-bond acceptors (Lipinski definition) is 5. The number of pyridine rings is 1. The van der Waals surface area contributed by atoms with E-state index >= 15 is 0 Å². The lowest BCUT2D eigenvalue weighted by Crippen LogP contribution is -2.37. The molecule has 8 heteroatoms. The van der Waals surface area contributed by atoms with E-state index in [9.17, 15) is 13.6 Å². The molecule has 0 radical (unpaired) electrons. The third kappa shape index (κ3) is 4.33. The molecule has 1 aromatic heterocycles. The van der Waals surface area contributed by atoms with Gasteiger partial charge in [0.15, 0.2) is 11.6 Å². The molecule has 1 saturated heterocycles. The Labute approximate surface area is 156 Å². The topological polar surface area (TPSA) is 63.7 Å². The summed E-state index contributed by atoms with van der Waals surface area (Å²) < 4.78 is 37.0. The van der Waals surface area contributed by atoms with Crippen molar-refractivity contribution in [3.63, 3.8) is 0 Å². The van der Waals surface area contributed by atoms with Crippen molar-refractivity contribution in [1.82, 2.24) is 10.3 Å². The zero-order chi connectivity index (χ0) is 19.4. The Balaban J connectivity index is 1.77. The van der Waals surface area contributed by atoms with E-state index < -0.39 is 17.5 Å². The number of nitrogens with one attached hydrogen (secondary N) is 1. The standard InChI is InChI=1S/C19H21F2N3O3/c1-12-9-16(24-5-7-27-8-6-24)23-19(26-2)17(12)18(25)22-11-13-3-4-14(20)15(21)10-13/h3-4,9-10H,5-8,11H2,1-2H3,(H,22,25). The van der Waals surface area contributed by atoms with Crippen molar-refractivity contribution in [3.05, 3.63) is 52.6 Å². The molecule has 1 amide bonds. The van der Waals surface area contributed by atoms with E-state index in [0.717, 1.165) is 31.0 Å². The highest BCUT2D eigenvalue weighted by molar-refractivity contribution is 5.98. The van der Waals surface area contributed by atoms with Crippen LogP contribution < -0.4 is 15.0 Å². The third-order valence-corrected chi connectivity index (χ3v) is 4.36. The zero-order valence-corrected chi connectivity index (χ0v) is 15.2. The van der Waals surface area contributed by atoms with Gasteiger partial charge in [0, 0.05) is 19.6 Å². The number of benzene rings is 1. The number of hydrogen-bond donors (Lipinski definition) is 1. The molecule has 0 saturated carbocycles. The number of carbonyl (C=O) groups is 1. The second-order valence-electron chi connectivity index (χ2n) is 6.21. The molecule has 0 spiro atoms. The lowest BCUT2D eigenvalue weighted by atomic mass is 10.1. The van der Waals surface area contributed by atoms with Crippen molar-refractivity contribution in [2.45, 2.75) is 13.5 Å². The maximum absolute atomic E-state index is 13.3. The Hall–Kier alpha value is -2.74. The van der Waals surface area contributed by atoms with E-state index in [0.29, 0.717) is 29.9 Å². The van der Waals surface area contributed by atoms with Crippen LogP contribution in [0, 0.1) is 18.6 Å². The highest BCUT2D eigenvalue weighted by Crippen LogP contribution is 2.26. The van der Waals surface area contributed by atoms with Gasteiger partial charge in [-0.15, -0.1) is 0 Å². The quantitative estimate of drug-likeness (QED) is 0.867. The van der Waals surface area contributed by atoms with Crippen molar-refractivity contribution >= 4 is 11.7 Å². The fourth-order valence-corrected chi connectivity index (χ4v) is 2.93. The molecule has 6 nitrogen and oxygen atoms in total. The molecule has 144 valence electrons. The first-order valence-corrected chi connectivity index (χ1v) is 8.60. The monoisotopic (exact) mass is 377 g/mol. The average Bonchev–Trinajstić information content (AvgIpc) is 2.68. The highest BCUT2D eigenvalue weighted by Gasteiger charge is 2.21. The van der Waals surface area contributed by atoms with Crippen molar-refractivity contribution in [1.29, 1.82) is 0 Å². The lowest BCUT2D eigenvalue weighted by Gasteiger charge is -2.28. The predicted octanol–water partition coefficient (Wildman–Crippen LogP) is 2.44. The molecule has 0 aliphatic carbocycles. The lowest BCUT2D eigenvalue weighted by molar-refractivity contribution is 0.0946. The molecule has 1 aliphatic rings. The van der Waals surface area contributed by atoms with Crippen LogP contribution in [0.4, 0.5) is 14.6 Å². The summed E-state index contributed by atoms with van der Waals surface area (Å²) in [5, 5.41) is 2.69. The van der Waals surface area contributed by atoms with Crippen LogP contribution in [-0.4, -0.2) is 44.3 Å². The van der Waals surface area contributed by atoms with Crippen LogP contribution in [0.3, 0.4) is 0 Å². The molecule has 1 N–H and O–H groups in total. The van der Waals surface area contributed by atoms with Crippen molar-refractivity contribution < 1.29 is 23.0 Å². The van der Waals surface area contributed by atoms with Crippen molar-refractivity contribution in [3.8, 4) is 5.88 Å². The SMILES string of the molecule is COc1nc(N2CCOCC2)cc(C)c1C(=O)NCc1ccc(F)c(F)c1. The summed E-state index contributed by atoms with van der Waals surface area (Å²) in [6, 6.07) is 5.34. The van der Waals surface area contributed by atoms with E-state index in [1.807, 2.05) is 6.07 Å². The molecular weight excluding hydrogens is 356 g/mol. The molecule has 2 heterocycles. The number of methoxy groups -OCH3 is 1. The summed E-state index contributed by atoms with van der Waals surface area (Å²) >= 11 is 0. The third-order valence-electron chi connectivity index (χ3n) is 4.36. The van der Waals surface area contributed by atoms with Crippen LogP contribution in [0.1, 0.15) is 21.5 Å². The number of amides is 1. The number of morpholine rings is 1. The van der Waals surface area contributed by atoms with Gasteiger partial charge in [-0.05, 0) is 36.2 Å². The van der Waals surface area contributed by atoms with E-state index in [2.05, 4.69) is 15.2 Å². The second-order valence-corrected chi connectivity index (χ2v) is 6.21. The summed E-state index contributed by atoms with van der Waals surface area (Å²) in [4.78, 5) is 19.2. The van der Waals surface area contributed by atoms with Crippen LogP contribution >= 0.6 is 0 Å². The van der Waals surface area contributed by atoms with E-state index in [1.54, 1.807) is 6.92 Å². The molecular formula is C19H21F2N3O3. The minimum absolute atomic E-state index is 0.0594. The van der Waals surface area contributed by atoms with Crippen LogP contribution in [0.5, 0.6) is 5.88 Å². The minimum Gasteiger partial charge on any atom is -0.480 e. The van der Waals surface area contributed by atoms with E-state index in [-0.39, 0.29) is 12.4 Å². The smallest absolute Gasteiger partial charge is 0.257 e. The van der Waals surface area contributed by atoms with Gasteiger partial charge in [0.05, 0.1) is 20.3 Å². The summed E-state index contributed by atoms with van der Waals surface area (Å²) in [6.45, 7) is 4.55. The first kappa shape index (κ1) is 19.0. The summed E-state index contributed by atoms with van der Waals surface area (Å²) in [5.74, 6) is -1.32. The van der Waals surface area contributed by atoms with Crippen LogP contribution in [0.25, 0.3) is 0 Å². The minimum atomic E-state index is -0.952. The van der Waals surface area contributed by atoms with Gasteiger partial charge in [-0.25, -0.2) is 8.78 Å². The van der Waals surface area contributed by atoms with Crippen molar-refractivity contribution in [2.24, 2.45) is 0 Å². The van der Waals surface area contributed by atoms with Gasteiger partial charge in [-0.3, -0.25) is 4.79 Å². The summed E-state index contributed by atoms with van der Waals surface area (Å²) in [7, 11) is 1.46. The van der Waals surface area contributed by atoms with Gasteiger partial charge in [0.1, 0.15) is 11.4 Å². The Bertz CT molecular complexity index is 839. The molecule has 0 unspecified atom stereocenters. The molecule has 0 bridgehead atoms. The van der Waals surface area contributed by atoms with E-state index in [4.69, 9.17) is 9.47 Å². The Morgan fingerprint density at radius 3 is 2.67 bits per heavy atom. The Kier molecular flexibility index (Phi) is 5.85. The van der Waals surface area contributed by atoms with Crippen LogP contribution in [0.2, 0.25) is 0 Å². The van der Waals surface area contributed by atoms with Crippen molar-refractivity contribution in [2.75, 3.05) is 38.3 Å². The maximum Gasteiger partial charge on any atom is 0.257 e. The number of nitrogens with zero attached hydrogens (tertiary/aromatic N) is 2. The van der Waals surface area contributed by atoms with Gasteiger partial charge < -0.3 is 19.7 Å². The van der Waals surface area contributed by atoms with Crippen LogP contribution in [0.15, 0.2) is 24.3 Å². The Morgan fingerprint density at radius 2 is 2.00 bits per heavy atom. The van der Waals surface area contributed by atoms with Crippen LogP contribution in [-0.2, 0) is 11.3 Å². The number of anilines is 1. The average molecular weight is 377 g/mol. The number of aryl methyl sites for hydroxylation is 1. The fraction of sp³-hybridized carbons (Fsp3) is 0.368. The normalized spacial score (nSPS) is 14.1. The molecule has 1 fully saturated rings. The number of rotatable bonds is 5. The molecule has 0 atom stereocenters. The number of halogens is 2. The fourth-order valence-electron chi connectivity index (χ4n) is 2.93. The number of carbonyl (C=O) groups excluding carboxylic acids is 1. The Morgan fingerprint density at radius 1 is 1.26 bits per heavy atom. The van der Waals surface area contributed by atoms with Gasteiger partial charge >= 0.3 is 0 Å². The first-order valence-electron chi connectivity index (χ1n) is 8.60. The zero-order valence-electron chi connectivity index (χ0n) is 15.2. The second kappa shape index (κ2) is 8.30. The van der Waals surface area contributed by atoms with Gasteiger partial charge in [0.25, 0.3) is 5.91 Å². The molecule has 1 aromatic carbocycles. The predicted molar refractivity (Wildman–Crippen MR) is 96.1 cm³/mol. The van der Waals surface area contributed by atoms with Gasteiger partial charge in [0.2, 0.25) is 5.88 Å². The molecule has 2 aromatic rings. The summed E-state index contributed by atoms with van der Waals surface area (Å²) in [5.41, 5.74) is 1.49. The largest absolute Gasteiger partial charge is 0.480 e. The number of ether oxygens (including phenoxy) is 2. The van der Waals surface area contributed by atoms with E-state index in [1.165, 1.54) is 13.2 Å². The van der Waals surface area contributed by atoms with Gasteiger partial charge in [-0.1, -0.05) is 6.07 Å². The molecule has 1 aliphatic heterocycles. The number of aromatic nitrogens is 1. The van der Waals surface area contributed by atoms with Gasteiger partial charge in [-0.2, -0.15) is 4.98 Å². The molecule has 3 rings (SSSR count). The molecule has 27 heavy (non-hydrogen) atoms.